The van der Waals surface area contributed by atoms with Crippen LogP contribution in [0.15, 0.2) is 53.4 Å². The Bertz CT molecular complexity index is 1080. The number of carbonyl (C=O) groups excluding carboxylic acids is 4. The van der Waals surface area contributed by atoms with Gasteiger partial charge < -0.3 is 15.1 Å². The molecule has 1 fully saturated rings. The van der Waals surface area contributed by atoms with E-state index in [1.165, 1.54) is 23.6 Å². The van der Waals surface area contributed by atoms with Gasteiger partial charge in [-0.2, -0.15) is 0 Å². The number of nitrogens with one attached hydrogen (secondary N) is 1. The average molecular weight is 466 g/mol. The number of fused-ring (bicyclic) bond motifs is 1. The topological polar surface area (TPSA) is 86.8 Å². The minimum atomic E-state index is -0.896. The van der Waals surface area contributed by atoms with Gasteiger partial charge in [0, 0.05) is 29.2 Å². The summed E-state index contributed by atoms with van der Waals surface area (Å²) in [4.78, 5) is 55.2. The number of benzene rings is 2. The lowest BCUT2D eigenvalue weighted by Crippen LogP contribution is -2.51. The van der Waals surface area contributed by atoms with E-state index < -0.39 is 11.2 Å². The van der Waals surface area contributed by atoms with Crippen LogP contribution >= 0.6 is 11.8 Å². The SMILES string of the molecule is CC(=O)c1cccc(NC(=O)CN2C(=O)C(C(=O)N3CCCCCC3)Sc3ccccc32)c1. The molecule has 0 bridgehead atoms. The number of anilines is 2. The molecule has 0 saturated carbocycles. The highest BCUT2D eigenvalue weighted by molar-refractivity contribution is 8.01. The molecular weight excluding hydrogens is 438 g/mol. The first-order valence-electron chi connectivity index (χ1n) is 11.2. The molecule has 0 aromatic heterocycles. The summed E-state index contributed by atoms with van der Waals surface area (Å²) in [6, 6.07) is 14.0. The van der Waals surface area contributed by atoms with Crippen molar-refractivity contribution in [2.24, 2.45) is 0 Å². The zero-order valence-corrected chi connectivity index (χ0v) is 19.4. The molecule has 1 unspecified atom stereocenters. The third kappa shape index (κ3) is 5.27. The van der Waals surface area contributed by atoms with E-state index in [0.29, 0.717) is 30.0 Å². The van der Waals surface area contributed by atoms with Gasteiger partial charge >= 0.3 is 0 Å². The average Bonchev–Trinajstić information content (AvgIpc) is 3.10. The van der Waals surface area contributed by atoms with Crippen molar-refractivity contribution in [3.05, 3.63) is 54.1 Å². The van der Waals surface area contributed by atoms with Crippen LogP contribution in [0.2, 0.25) is 0 Å². The fourth-order valence-electron chi connectivity index (χ4n) is 4.15. The maximum absolute atomic E-state index is 13.4. The van der Waals surface area contributed by atoms with Crippen molar-refractivity contribution >= 4 is 46.6 Å². The molecule has 8 heteroatoms. The van der Waals surface area contributed by atoms with Gasteiger partial charge in [-0.15, -0.1) is 11.8 Å². The first kappa shape index (κ1) is 23.0. The van der Waals surface area contributed by atoms with Gasteiger partial charge in [-0.05, 0) is 44.0 Å². The summed E-state index contributed by atoms with van der Waals surface area (Å²) in [6.07, 6.45) is 4.07. The molecule has 2 aliphatic rings. The zero-order chi connectivity index (χ0) is 23.4. The fraction of sp³-hybridized carbons (Fsp3) is 0.360. The monoisotopic (exact) mass is 465 g/mol. The summed E-state index contributed by atoms with van der Waals surface area (Å²) in [5.74, 6) is -1.05. The molecule has 1 N–H and O–H groups in total. The van der Waals surface area contributed by atoms with Crippen molar-refractivity contribution in [1.29, 1.82) is 0 Å². The number of Topliss-reactive ketones (excluding diaryl/α,β-unsaturated/α-hetero) is 1. The van der Waals surface area contributed by atoms with E-state index in [-0.39, 0.29) is 24.1 Å². The quantitative estimate of drug-likeness (QED) is 0.537. The molecule has 1 atom stereocenters. The predicted molar refractivity (Wildman–Crippen MR) is 129 cm³/mol. The van der Waals surface area contributed by atoms with Crippen LogP contribution < -0.4 is 10.2 Å². The molecule has 0 aliphatic carbocycles. The summed E-state index contributed by atoms with van der Waals surface area (Å²) < 4.78 is 0. The van der Waals surface area contributed by atoms with Crippen molar-refractivity contribution in [2.75, 3.05) is 29.9 Å². The van der Waals surface area contributed by atoms with Gasteiger partial charge in [0.15, 0.2) is 11.0 Å². The molecule has 4 rings (SSSR count). The lowest BCUT2D eigenvalue weighted by Gasteiger charge is -2.34. The minimum Gasteiger partial charge on any atom is -0.341 e. The number of para-hydroxylation sites is 1. The molecule has 2 aromatic rings. The van der Waals surface area contributed by atoms with Crippen LogP contribution in [0.3, 0.4) is 0 Å². The number of carbonyl (C=O) groups is 4. The van der Waals surface area contributed by atoms with Gasteiger partial charge in [0.2, 0.25) is 11.8 Å². The van der Waals surface area contributed by atoms with Crippen LogP contribution in [-0.2, 0) is 14.4 Å². The lowest BCUT2D eigenvalue weighted by molar-refractivity contribution is -0.135. The fourth-order valence-corrected chi connectivity index (χ4v) is 5.34. The lowest BCUT2D eigenvalue weighted by atomic mass is 10.1. The van der Waals surface area contributed by atoms with Crippen molar-refractivity contribution in [3.63, 3.8) is 0 Å². The molecule has 2 heterocycles. The largest absolute Gasteiger partial charge is 0.341 e. The number of rotatable bonds is 5. The van der Waals surface area contributed by atoms with E-state index >= 15 is 0 Å². The van der Waals surface area contributed by atoms with Crippen molar-refractivity contribution in [3.8, 4) is 0 Å². The van der Waals surface area contributed by atoms with E-state index in [2.05, 4.69) is 5.32 Å². The molecular formula is C25H27N3O4S. The van der Waals surface area contributed by atoms with Crippen LogP contribution in [0.4, 0.5) is 11.4 Å². The Balaban J connectivity index is 1.54. The third-order valence-corrected chi connectivity index (χ3v) is 7.13. The molecule has 7 nitrogen and oxygen atoms in total. The molecule has 33 heavy (non-hydrogen) atoms. The second-order valence-corrected chi connectivity index (χ2v) is 9.46. The molecule has 2 aliphatic heterocycles. The van der Waals surface area contributed by atoms with Crippen LogP contribution in [0.25, 0.3) is 0 Å². The first-order chi connectivity index (χ1) is 15.9. The van der Waals surface area contributed by atoms with Gasteiger partial charge in [0.1, 0.15) is 6.54 Å². The van der Waals surface area contributed by atoms with Gasteiger partial charge in [0.25, 0.3) is 5.91 Å². The second kappa shape index (κ2) is 10.2. The first-order valence-corrected chi connectivity index (χ1v) is 12.1. The van der Waals surface area contributed by atoms with Crippen LogP contribution in [0, 0.1) is 0 Å². The Morgan fingerprint density at radius 2 is 1.73 bits per heavy atom. The van der Waals surface area contributed by atoms with Gasteiger partial charge in [-0.25, -0.2) is 0 Å². The van der Waals surface area contributed by atoms with Gasteiger partial charge in [-0.1, -0.05) is 37.1 Å². The highest BCUT2D eigenvalue weighted by atomic mass is 32.2. The van der Waals surface area contributed by atoms with Crippen molar-refractivity contribution in [2.45, 2.75) is 42.8 Å². The molecule has 3 amide bonds. The van der Waals surface area contributed by atoms with Crippen molar-refractivity contribution < 1.29 is 19.2 Å². The highest BCUT2D eigenvalue weighted by Gasteiger charge is 2.40. The Morgan fingerprint density at radius 1 is 1.00 bits per heavy atom. The minimum absolute atomic E-state index is 0.0990. The van der Waals surface area contributed by atoms with Gasteiger partial charge in [0.05, 0.1) is 5.69 Å². The Morgan fingerprint density at radius 3 is 2.45 bits per heavy atom. The maximum atomic E-state index is 13.4. The number of amides is 3. The van der Waals surface area contributed by atoms with Gasteiger partial charge in [-0.3, -0.25) is 19.2 Å². The smallest absolute Gasteiger partial charge is 0.250 e. The van der Waals surface area contributed by atoms with Crippen LogP contribution in [0.1, 0.15) is 43.0 Å². The molecule has 1 saturated heterocycles. The maximum Gasteiger partial charge on any atom is 0.250 e. The van der Waals surface area contributed by atoms with E-state index in [1.807, 2.05) is 18.2 Å². The molecule has 0 spiro atoms. The third-order valence-electron chi connectivity index (χ3n) is 5.89. The Kier molecular flexibility index (Phi) is 7.13. The van der Waals surface area contributed by atoms with Crippen molar-refractivity contribution in [1.82, 2.24) is 4.90 Å². The van der Waals surface area contributed by atoms with Crippen LogP contribution in [-0.4, -0.2) is 53.3 Å². The summed E-state index contributed by atoms with van der Waals surface area (Å²) in [5.41, 5.74) is 1.60. The normalized spacial score (nSPS) is 18.3. The highest BCUT2D eigenvalue weighted by Crippen LogP contribution is 2.39. The second-order valence-electron chi connectivity index (χ2n) is 8.31. The summed E-state index contributed by atoms with van der Waals surface area (Å²) in [6.45, 7) is 2.57. The van der Waals surface area contributed by atoms with E-state index in [0.717, 1.165) is 30.6 Å². The predicted octanol–water partition coefficient (Wildman–Crippen LogP) is 3.74. The zero-order valence-electron chi connectivity index (χ0n) is 18.6. The summed E-state index contributed by atoms with van der Waals surface area (Å²) in [5, 5.41) is 1.87. The Labute approximate surface area is 197 Å². The van der Waals surface area contributed by atoms with E-state index in [4.69, 9.17) is 0 Å². The Hall–Kier alpha value is -3.13. The standard InChI is InChI=1S/C25H27N3O4S/c1-17(29)18-9-8-10-19(15-18)26-22(30)16-28-20-11-4-5-12-21(20)33-23(25(28)32)24(31)27-13-6-2-3-7-14-27/h4-5,8-12,15,23H,2-3,6-7,13-14,16H2,1H3,(H,26,30). The summed E-state index contributed by atoms with van der Waals surface area (Å²) in [7, 11) is 0. The van der Waals surface area contributed by atoms with E-state index in [9.17, 15) is 19.2 Å². The van der Waals surface area contributed by atoms with E-state index in [1.54, 1.807) is 35.2 Å². The number of nitrogens with zero attached hydrogens (tertiary/aromatic N) is 2. The summed E-state index contributed by atoms with van der Waals surface area (Å²) >= 11 is 1.26. The molecule has 0 radical (unpaired) electrons. The molecule has 172 valence electrons. The number of hydrogen-bond donors (Lipinski definition) is 1. The number of hydrogen-bond acceptors (Lipinski definition) is 5. The molecule has 2 aromatic carbocycles. The number of likely N-dealkylation sites (tertiary alicyclic amines) is 1. The number of thioether (sulfide) groups is 1. The number of ketones is 1. The van der Waals surface area contributed by atoms with Crippen LogP contribution in [0.5, 0.6) is 0 Å².